The van der Waals surface area contributed by atoms with Gasteiger partial charge in [-0.05, 0) is 16.7 Å². The second-order valence-corrected chi connectivity index (χ2v) is 4.49. The Balaban J connectivity index is 2.17. The van der Waals surface area contributed by atoms with E-state index < -0.39 is 0 Å². The van der Waals surface area contributed by atoms with E-state index in [1.54, 1.807) is 14.2 Å². The zero-order chi connectivity index (χ0) is 15.1. The van der Waals surface area contributed by atoms with Gasteiger partial charge in [0.05, 0.1) is 6.61 Å². The highest BCUT2D eigenvalue weighted by atomic mass is 16.6. The number of rotatable bonds is 9. The standard InChI is InChI=1S/C12H20N6O3/c1-18(6-8-20-3)12-11(13-5-4-7-19-2)14-9-10(15-12)17-21-16-9/h4-8H2,1-3H3,(H,13,14,16). The summed E-state index contributed by atoms with van der Waals surface area (Å²) in [6.07, 6.45) is 0.870. The fourth-order valence-electron chi connectivity index (χ4n) is 1.77. The molecule has 2 aromatic heterocycles. The molecule has 0 aliphatic carbocycles. The van der Waals surface area contributed by atoms with Crippen molar-refractivity contribution < 1.29 is 14.1 Å². The summed E-state index contributed by atoms with van der Waals surface area (Å²) < 4.78 is 14.8. The molecular formula is C12H20N6O3. The van der Waals surface area contributed by atoms with E-state index >= 15 is 0 Å². The highest BCUT2D eigenvalue weighted by molar-refractivity contribution is 5.73. The van der Waals surface area contributed by atoms with Crippen LogP contribution < -0.4 is 10.2 Å². The van der Waals surface area contributed by atoms with Crippen molar-refractivity contribution in [3.63, 3.8) is 0 Å². The molecule has 0 radical (unpaired) electrons. The van der Waals surface area contributed by atoms with Crippen LogP contribution in [0.2, 0.25) is 0 Å². The van der Waals surface area contributed by atoms with E-state index in [2.05, 4.69) is 30.2 Å². The van der Waals surface area contributed by atoms with Gasteiger partial charge in [-0.2, -0.15) is 0 Å². The minimum atomic E-state index is 0.383. The molecule has 0 atom stereocenters. The van der Waals surface area contributed by atoms with Gasteiger partial charge in [-0.1, -0.05) is 0 Å². The maximum absolute atomic E-state index is 5.09. The van der Waals surface area contributed by atoms with E-state index in [-0.39, 0.29) is 0 Å². The number of hydrogen-bond donors (Lipinski definition) is 1. The molecule has 0 aliphatic heterocycles. The van der Waals surface area contributed by atoms with Crippen LogP contribution in [0.3, 0.4) is 0 Å². The van der Waals surface area contributed by atoms with Gasteiger partial charge in [0, 0.05) is 41.0 Å². The summed E-state index contributed by atoms with van der Waals surface area (Å²) in [6, 6.07) is 0. The molecule has 0 aromatic carbocycles. The number of aromatic nitrogens is 4. The normalized spacial score (nSPS) is 11.0. The molecule has 0 amide bonds. The Bertz CT molecular complexity index is 561. The summed E-state index contributed by atoms with van der Waals surface area (Å²) in [5, 5.41) is 10.7. The second-order valence-electron chi connectivity index (χ2n) is 4.49. The van der Waals surface area contributed by atoms with Crippen LogP contribution >= 0.6 is 0 Å². The van der Waals surface area contributed by atoms with Gasteiger partial charge < -0.3 is 19.7 Å². The van der Waals surface area contributed by atoms with Crippen molar-refractivity contribution in [2.24, 2.45) is 0 Å². The number of methoxy groups -OCH3 is 2. The minimum Gasteiger partial charge on any atom is -0.385 e. The van der Waals surface area contributed by atoms with Gasteiger partial charge in [0.1, 0.15) is 0 Å². The van der Waals surface area contributed by atoms with Gasteiger partial charge in [-0.25, -0.2) is 14.6 Å². The van der Waals surface area contributed by atoms with Crippen LogP contribution in [-0.4, -0.2) is 67.9 Å². The fraction of sp³-hybridized carbons (Fsp3) is 0.667. The molecule has 9 heteroatoms. The SMILES string of the molecule is COCCCNc1nc2nonc2nc1N(C)CCOC. The number of anilines is 2. The zero-order valence-corrected chi connectivity index (χ0v) is 12.5. The molecule has 0 spiro atoms. The molecule has 116 valence electrons. The number of fused-ring (bicyclic) bond motifs is 1. The predicted octanol–water partition coefficient (Wildman–Crippen LogP) is 0.544. The summed E-state index contributed by atoms with van der Waals surface area (Å²) in [7, 11) is 5.26. The van der Waals surface area contributed by atoms with Gasteiger partial charge in [-0.3, -0.25) is 0 Å². The molecule has 2 aromatic rings. The van der Waals surface area contributed by atoms with Crippen LogP contribution in [0.15, 0.2) is 4.63 Å². The Morgan fingerprint density at radius 1 is 1.10 bits per heavy atom. The lowest BCUT2D eigenvalue weighted by atomic mass is 10.4. The van der Waals surface area contributed by atoms with E-state index in [1.165, 1.54) is 0 Å². The van der Waals surface area contributed by atoms with Gasteiger partial charge in [-0.15, -0.1) is 0 Å². The van der Waals surface area contributed by atoms with Crippen LogP contribution in [0.25, 0.3) is 11.3 Å². The van der Waals surface area contributed by atoms with Crippen molar-refractivity contribution in [3.8, 4) is 0 Å². The maximum atomic E-state index is 5.09. The second kappa shape index (κ2) is 7.70. The molecular weight excluding hydrogens is 276 g/mol. The maximum Gasteiger partial charge on any atom is 0.245 e. The van der Waals surface area contributed by atoms with Crippen molar-refractivity contribution in [2.45, 2.75) is 6.42 Å². The average molecular weight is 296 g/mol. The topological polar surface area (TPSA) is 98.4 Å². The van der Waals surface area contributed by atoms with Crippen molar-refractivity contribution in [1.82, 2.24) is 20.3 Å². The summed E-state index contributed by atoms with van der Waals surface area (Å²) in [4.78, 5) is 10.8. The first-order chi connectivity index (χ1) is 10.3. The van der Waals surface area contributed by atoms with Crippen LogP contribution in [0.1, 0.15) is 6.42 Å². The molecule has 21 heavy (non-hydrogen) atoms. The quantitative estimate of drug-likeness (QED) is 0.665. The van der Waals surface area contributed by atoms with Crippen molar-refractivity contribution in [1.29, 1.82) is 0 Å². The largest absolute Gasteiger partial charge is 0.385 e. The van der Waals surface area contributed by atoms with Gasteiger partial charge in [0.15, 0.2) is 11.6 Å². The van der Waals surface area contributed by atoms with E-state index in [4.69, 9.17) is 9.47 Å². The Morgan fingerprint density at radius 3 is 2.52 bits per heavy atom. The Labute approximate surface area is 122 Å². The Hall–Kier alpha value is -2.00. The van der Waals surface area contributed by atoms with E-state index in [1.807, 2.05) is 11.9 Å². The van der Waals surface area contributed by atoms with Crippen LogP contribution in [0, 0.1) is 0 Å². The zero-order valence-electron chi connectivity index (χ0n) is 12.5. The van der Waals surface area contributed by atoms with Crippen molar-refractivity contribution >= 4 is 22.9 Å². The smallest absolute Gasteiger partial charge is 0.245 e. The first-order valence-electron chi connectivity index (χ1n) is 6.69. The Kier molecular flexibility index (Phi) is 5.64. The fourth-order valence-corrected chi connectivity index (χ4v) is 1.77. The highest BCUT2D eigenvalue weighted by Crippen LogP contribution is 2.22. The number of ether oxygens (including phenoxy) is 2. The number of likely N-dealkylation sites (N-methyl/N-ethyl adjacent to an activating group) is 1. The third kappa shape index (κ3) is 3.99. The van der Waals surface area contributed by atoms with Gasteiger partial charge in [0.2, 0.25) is 11.3 Å². The number of nitrogens with zero attached hydrogens (tertiary/aromatic N) is 5. The average Bonchev–Trinajstić information content (AvgIpc) is 2.95. The molecule has 0 bridgehead atoms. The molecule has 0 unspecified atom stereocenters. The van der Waals surface area contributed by atoms with E-state index in [9.17, 15) is 0 Å². The molecule has 9 nitrogen and oxygen atoms in total. The number of nitrogens with one attached hydrogen (secondary N) is 1. The Morgan fingerprint density at radius 2 is 1.81 bits per heavy atom. The van der Waals surface area contributed by atoms with Crippen molar-refractivity contribution in [3.05, 3.63) is 0 Å². The lowest BCUT2D eigenvalue weighted by Gasteiger charge is -2.20. The molecule has 0 fully saturated rings. The molecule has 2 rings (SSSR count). The monoisotopic (exact) mass is 296 g/mol. The predicted molar refractivity (Wildman–Crippen MR) is 77.5 cm³/mol. The molecule has 2 heterocycles. The molecule has 0 aliphatic rings. The van der Waals surface area contributed by atoms with Crippen LogP contribution in [0.5, 0.6) is 0 Å². The van der Waals surface area contributed by atoms with E-state index in [0.29, 0.717) is 42.7 Å². The first kappa shape index (κ1) is 15.4. The minimum absolute atomic E-state index is 0.383. The van der Waals surface area contributed by atoms with Crippen LogP contribution in [0.4, 0.5) is 11.6 Å². The lowest BCUT2D eigenvalue weighted by molar-refractivity contribution is 0.197. The first-order valence-corrected chi connectivity index (χ1v) is 6.69. The molecule has 0 saturated heterocycles. The van der Waals surface area contributed by atoms with Crippen molar-refractivity contribution in [2.75, 3.05) is 57.8 Å². The third-order valence-corrected chi connectivity index (χ3v) is 2.91. The molecule has 0 saturated carbocycles. The van der Waals surface area contributed by atoms with Gasteiger partial charge in [0.25, 0.3) is 0 Å². The summed E-state index contributed by atoms with van der Waals surface area (Å²) in [6.45, 7) is 2.69. The summed E-state index contributed by atoms with van der Waals surface area (Å²) in [5.41, 5.74) is 0.768. The summed E-state index contributed by atoms with van der Waals surface area (Å²) in [5.74, 6) is 1.33. The van der Waals surface area contributed by atoms with E-state index in [0.717, 1.165) is 13.0 Å². The lowest BCUT2D eigenvalue weighted by Crippen LogP contribution is -2.25. The van der Waals surface area contributed by atoms with Gasteiger partial charge >= 0.3 is 0 Å². The summed E-state index contributed by atoms with van der Waals surface area (Å²) >= 11 is 0. The van der Waals surface area contributed by atoms with Crippen LogP contribution in [-0.2, 0) is 9.47 Å². The number of hydrogen-bond acceptors (Lipinski definition) is 9. The third-order valence-electron chi connectivity index (χ3n) is 2.91. The molecule has 1 N–H and O–H groups in total. The highest BCUT2D eigenvalue weighted by Gasteiger charge is 2.15.